The number of carbonyl (C=O) groups is 1. The molecule has 2 unspecified atom stereocenters. The van der Waals surface area contributed by atoms with E-state index in [1.54, 1.807) is 31.0 Å². The Bertz CT molecular complexity index is 790. The highest BCUT2D eigenvalue weighted by Crippen LogP contribution is 2.38. The topological polar surface area (TPSA) is 66.5 Å². The summed E-state index contributed by atoms with van der Waals surface area (Å²) in [4.78, 5) is 14.2. The average molecular weight is 367 g/mol. The van der Waals surface area contributed by atoms with Crippen LogP contribution in [0.1, 0.15) is 39.7 Å². The first-order chi connectivity index (χ1) is 11.8. The summed E-state index contributed by atoms with van der Waals surface area (Å²) in [5.74, 6) is 0.267. The zero-order valence-corrected chi connectivity index (χ0v) is 16.5. The van der Waals surface area contributed by atoms with Crippen LogP contribution in [0.5, 0.6) is 0 Å². The number of rotatable bonds is 3. The largest absolute Gasteiger partial charge is 0.320 e. The summed E-state index contributed by atoms with van der Waals surface area (Å²) in [5.41, 5.74) is 3.00. The molecule has 0 radical (unpaired) electrons. The third-order valence-electron chi connectivity index (χ3n) is 4.83. The third kappa shape index (κ3) is 3.65. The Hall–Kier alpha value is -1.66. The Kier molecular flexibility index (Phi) is 6.06. The van der Waals surface area contributed by atoms with Crippen molar-refractivity contribution in [2.75, 3.05) is 19.3 Å². The molecule has 2 atom stereocenters. The number of hydrogen-bond donors (Lipinski definition) is 1. The van der Waals surface area contributed by atoms with Gasteiger partial charge in [-0.2, -0.15) is 0 Å². The Labute approximate surface area is 152 Å². The molecular weight excluding hydrogens is 336 g/mol. The fourth-order valence-corrected chi connectivity index (χ4v) is 4.33. The molecule has 0 aromatic heterocycles. The first kappa shape index (κ1) is 19.7. The molecule has 1 aromatic carbocycles. The number of aryl methyl sites for hydroxylation is 1. The molecule has 2 aliphatic heterocycles. The molecule has 1 aromatic rings. The van der Waals surface area contributed by atoms with E-state index >= 15 is 0 Å². The number of carbonyl (C=O) groups excluding carboxylic acids is 1. The lowest BCUT2D eigenvalue weighted by molar-refractivity contribution is -0.130. The molecular formula is C19H30N2O3S. The van der Waals surface area contributed by atoms with Crippen LogP contribution in [0, 0.1) is 12.8 Å². The quantitative estimate of drug-likeness (QED) is 0.893. The molecule has 1 amide bonds. The van der Waals surface area contributed by atoms with Crippen molar-refractivity contribution in [2.45, 2.75) is 45.1 Å². The number of nitrogens with zero attached hydrogens (tertiary/aromatic N) is 1. The van der Waals surface area contributed by atoms with Gasteiger partial charge in [0.15, 0.2) is 9.84 Å². The first-order valence-electron chi connectivity index (χ1n) is 8.90. The molecule has 1 N–H and O–H groups in total. The van der Waals surface area contributed by atoms with Gasteiger partial charge >= 0.3 is 0 Å². The molecule has 1 fully saturated rings. The summed E-state index contributed by atoms with van der Waals surface area (Å²) in [7, 11) is -1.50. The molecule has 0 aliphatic carbocycles. The summed E-state index contributed by atoms with van der Waals surface area (Å²) >= 11 is 0. The molecule has 25 heavy (non-hydrogen) atoms. The predicted molar refractivity (Wildman–Crippen MR) is 103 cm³/mol. The van der Waals surface area contributed by atoms with Crippen LogP contribution in [0.2, 0.25) is 0 Å². The third-order valence-corrected chi connectivity index (χ3v) is 6.56. The van der Waals surface area contributed by atoms with E-state index in [2.05, 4.69) is 5.32 Å². The van der Waals surface area contributed by atoms with Crippen molar-refractivity contribution in [3.8, 4) is 0 Å². The van der Waals surface area contributed by atoms with E-state index in [1.165, 1.54) is 0 Å². The summed E-state index contributed by atoms with van der Waals surface area (Å²) in [6.07, 6.45) is 2.75. The Morgan fingerprint density at radius 1 is 1.32 bits per heavy atom. The average Bonchev–Trinajstić information content (AvgIpc) is 3.10. The van der Waals surface area contributed by atoms with Crippen molar-refractivity contribution in [3.63, 3.8) is 0 Å². The van der Waals surface area contributed by atoms with Gasteiger partial charge in [-0.25, -0.2) is 8.42 Å². The lowest BCUT2D eigenvalue weighted by atomic mass is 9.83. The summed E-state index contributed by atoms with van der Waals surface area (Å²) < 4.78 is 24.4. The summed E-state index contributed by atoms with van der Waals surface area (Å²) in [6.45, 7) is 8.43. The minimum atomic E-state index is -3.25. The van der Waals surface area contributed by atoms with Crippen molar-refractivity contribution < 1.29 is 14.6 Å². The Balaban J connectivity index is 0.00000109. The smallest absolute Gasteiger partial charge is 0.244 e. The SMILES string of the molecule is CC.CCS(=O)(=O)c1ccc(C)c(C2=CN(C)C(=O)C3NCCC23)c1.[HH]. The number of likely N-dealkylation sites (N-methyl/N-ethyl adjacent to an activating group) is 1. The van der Waals surface area contributed by atoms with Crippen LogP contribution in [0.15, 0.2) is 29.3 Å². The fourth-order valence-electron chi connectivity index (χ4n) is 3.43. The van der Waals surface area contributed by atoms with Gasteiger partial charge < -0.3 is 10.2 Å². The second kappa shape index (κ2) is 7.70. The van der Waals surface area contributed by atoms with Gasteiger partial charge in [-0.15, -0.1) is 0 Å². The van der Waals surface area contributed by atoms with Crippen molar-refractivity contribution in [1.82, 2.24) is 10.2 Å². The standard InChI is InChI=1S/C17H22N2O3S.C2H6.H2/c1-4-23(21,22)12-6-5-11(2)14(9-12)15-10-19(3)17(20)16-13(15)7-8-18-16;1-2;/h5-6,9-10,13,16,18H,4,7-8H2,1-3H3;1-2H3;1H. The van der Waals surface area contributed by atoms with E-state index in [0.717, 1.165) is 29.7 Å². The molecule has 1 saturated heterocycles. The van der Waals surface area contributed by atoms with E-state index in [-0.39, 0.29) is 25.0 Å². The molecule has 2 aliphatic rings. The number of amides is 1. The van der Waals surface area contributed by atoms with Crippen LogP contribution in [0.3, 0.4) is 0 Å². The van der Waals surface area contributed by atoms with Gasteiger partial charge in [0.2, 0.25) is 5.91 Å². The molecule has 0 spiro atoms. The highest BCUT2D eigenvalue weighted by Gasteiger charge is 2.40. The van der Waals surface area contributed by atoms with Crippen LogP contribution < -0.4 is 5.32 Å². The molecule has 2 heterocycles. The fraction of sp³-hybridized carbons (Fsp3) is 0.526. The molecule has 0 bridgehead atoms. The lowest BCUT2D eigenvalue weighted by Crippen LogP contribution is -2.46. The lowest BCUT2D eigenvalue weighted by Gasteiger charge is -2.32. The van der Waals surface area contributed by atoms with Crippen LogP contribution in [0.25, 0.3) is 5.57 Å². The van der Waals surface area contributed by atoms with Crippen molar-refractivity contribution in [3.05, 3.63) is 35.5 Å². The van der Waals surface area contributed by atoms with Gasteiger partial charge in [0.1, 0.15) is 0 Å². The zero-order chi connectivity index (χ0) is 18.8. The van der Waals surface area contributed by atoms with Gasteiger partial charge in [0.05, 0.1) is 16.7 Å². The second-order valence-electron chi connectivity index (χ2n) is 6.24. The summed E-state index contributed by atoms with van der Waals surface area (Å²) in [5, 5.41) is 3.26. The van der Waals surface area contributed by atoms with Gasteiger partial charge in [0.25, 0.3) is 0 Å². The monoisotopic (exact) mass is 366 g/mol. The maximum atomic E-state index is 12.3. The molecule has 6 heteroatoms. The minimum Gasteiger partial charge on any atom is -0.320 e. The Morgan fingerprint density at radius 3 is 2.64 bits per heavy atom. The van der Waals surface area contributed by atoms with Crippen molar-refractivity contribution >= 4 is 21.3 Å². The van der Waals surface area contributed by atoms with E-state index in [1.807, 2.05) is 33.0 Å². The maximum Gasteiger partial charge on any atom is 0.244 e. The van der Waals surface area contributed by atoms with E-state index in [4.69, 9.17) is 0 Å². The molecule has 0 saturated carbocycles. The van der Waals surface area contributed by atoms with E-state index in [9.17, 15) is 13.2 Å². The second-order valence-corrected chi connectivity index (χ2v) is 8.52. The molecule has 140 valence electrons. The van der Waals surface area contributed by atoms with Gasteiger partial charge in [-0.3, -0.25) is 4.79 Å². The number of fused-ring (bicyclic) bond motifs is 1. The first-order valence-corrected chi connectivity index (χ1v) is 10.6. The molecule has 5 nitrogen and oxygen atoms in total. The highest BCUT2D eigenvalue weighted by atomic mass is 32.2. The van der Waals surface area contributed by atoms with Crippen LogP contribution in [-0.4, -0.2) is 44.6 Å². The minimum absolute atomic E-state index is 0. The maximum absolute atomic E-state index is 12.3. The zero-order valence-electron chi connectivity index (χ0n) is 15.7. The predicted octanol–water partition coefficient (Wildman–Crippen LogP) is 2.85. The van der Waals surface area contributed by atoms with Gasteiger partial charge in [0, 0.05) is 20.6 Å². The van der Waals surface area contributed by atoms with Crippen LogP contribution in [0.4, 0.5) is 0 Å². The number of hydrogen-bond acceptors (Lipinski definition) is 4. The highest BCUT2D eigenvalue weighted by molar-refractivity contribution is 7.91. The van der Waals surface area contributed by atoms with Crippen LogP contribution >= 0.6 is 0 Å². The summed E-state index contributed by atoms with van der Waals surface area (Å²) in [6, 6.07) is 5.08. The number of nitrogens with one attached hydrogen (secondary N) is 1. The van der Waals surface area contributed by atoms with Crippen molar-refractivity contribution in [1.29, 1.82) is 0 Å². The van der Waals surface area contributed by atoms with Gasteiger partial charge in [-0.05, 0) is 48.7 Å². The normalized spacial score (nSPS) is 22.8. The van der Waals surface area contributed by atoms with E-state index in [0.29, 0.717) is 4.90 Å². The number of sulfone groups is 1. The molecule has 3 rings (SSSR count). The van der Waals surface area contributed by atoms with Gasteiger partial charge in [-0.1, -0.05) is 26.8 Å². The van der Waals surface area contributed by atoms with Crippen LogP contribution in [-0.2, 0) is 14.6 Å². The van der Waals surface area contributed by atoms with E-state index < -0.39 is 9.84 Å². The van der Waals surface area contributed by atoms with Crippen molar-refractivity contribution in [2.24, 2.45) is 5.92 Å². The number of benzene rings is 1. The Morgan fingerprint density at radius 2 is 2.00 bits per heavy atom.